The fourth-order valence-electron chi connectivity index (χ4n) is 1.87. The van der Waals surface area contributed by atoms with Crippen LogP contribution < -0.4 is 0 Å². The van der Waals surface area contributed by atoms with Gasteiger partial charge in [0.1, 0.15) is 6.10 Å². The smallest absolute Gasteiger partial charge is 0.107 e. The van der Waals surface area contributed by atoms with E-state index in [1.807, 2.05) is 12.1 Å². The van der Waals surface area contributed by atoms with E-state index < -0.39 is 6.10 Å². The lowest BCUT2D eigenvalue weighted by molar-refractivity contribution is 0.219. The van der Waals surface area contributed by atoms with Gasteiger partial charge in [0, 0.05) is 5.56 Å². The molecule has 0 spiro atoms. The third-order valence-corrected chi connectivity index (χ3v) is 2.97. The Kier molecular flexibility index (Phi) is 3.99. The number of furan rings is 1. The molecule has 1 aromatic heterocycles. The molecule has 1 atom stereocenters. The van der Waals surface area contributed by atoms with Gasteiger partial charge in [-0.2, -0.15) is 0 Å². The summed E-state index contributed by atoms with van der Waals surface area (Å²) in [5.41, 5.74) is 3.04. The Morgan fingerprint density at radius 3 is 2.47 bits per heavy atom. The number of rotatable bonds is 5. The van der Waals surface area contributed by atoms with Crippen molar-refractivity contribution in [2.45, 2.75) is 32.3 Å². The third-order valence-electron chi connectivity index (χ3n) is 2.97. The maximum Gasteiger partial charge on any atom is 0.107 e. The molecule has 1 N–H and O–H groups in total. The van der Waals surface area contributed by atoms with Gasteiger partial charge in [-0.25, -0.2) is 0 Å². The predicted octanol–water partition coefficient (Wildman–Crippen LogP) is 3.70. The molecule has 1 aromatic carbocycles. The first kappa shape index (κ1) is 11.9. The highest BCUT2D eigenvalue weighted by molar-refractivity contribution is 5.30. The Labute approximate surface area is 102 Å². The average molecular weight is 230 g/mol. The molecule has 0 amide bonds. The summed E-state index contributed by atoms with van der Waals surface area (Å²) in [6.07, 6.45) is 6.10. The van der Waals surface area contributed by atoms with Crippen molar-refractivity contribution in [2.75, 3.05) is 0 Å². The van der Waals surface area contributed by atoms with Crippen LogP contribution in [0.25, 0.3) is 0 Å². The Bertz CT molecular complexity index is 428. The molecule has 2 aromatic rings. The SMILES string of the molecule is CCCCc1ccc(C(O)c2ccoc2)cc1. The van der Waals surface area contributed by atoms with Gasteiger partial charge in [0.15, 0.2) is 0 Å². The van der Waals surface area contributed by atoms with Crippen molar-refractivity contribution < 1.29 is 9.52 Å². The largest absolute Gasteiger partial charge is 0.472 e. The highest BCUT2D eigenvalue weighted by atomic mass is 16.3. The molecule has 0 saturated carbocycles. The van der Waals surface area contributed by atoms with E-state index in [0.29, 0.717) is 0 Å². The summed E-state index contributed by atoms with van der Waals surface area (Å²) in [7, 11) is 0. The van der Waals surface area contributed by atoms with Crippen molar-refractivity contribution in [3.63, 3.8) is 0 Å². The van der Waals surface area contributed by atoms with Crippen LogP contribution in [0.15, 0.2) is 47.3 Å². The molecule has 1 unspecified atom stereocenters. The zero-order valence-corrected chi connectivity index (χ0v) is 10.1. The quantitative estimate of drug-likeness (QED) is 0.849. The van der Waals surface area contributed by atoms with Crippen molar-refractivity contribution in [1.82, 2.24) is 0 Å². The average Bonchev–Trinajstić information content (AvgIpc) is 2.90. The molecular weight excluding hydrogens is 212 g/mol. The van der Waals surface area contributed by atoms with Gasteiger partial charge in [0.2, 0.25) is 0 Å². The second-order valence-electron chi connectivity index (χ2n) is 4.30. The van der Waals surface area contributed by atoms with Crippen LogP contribution in [-0.2, 0) is 6.42 Å². The summed E-state index contributed by atoms with van der Waals surface area (Å²) in [6, 6.07) is 9.95. The van der Waals surface area contributed by atoms with Gasteiger partial charge >= 0.3 is 0 Å². The lowest BCUT2D eigenvalue weighted by Gasteiger charge is -2.09. The molecule has 0 fully saturated rings. The predicted molar refractivity (Wildman–Crippen MR) is 67.8 cm³/mol. The molecule has 2 rings (SSSR count). The molecule has 2 nitrogen and oxygen atoms in total. The van der Waals surface area contributed by atoms with E-state index in [1.54, 1.807) is 18.6 Å². The maximum atomic E-state index is 10.1. The minimum absolute atomic E-state index is 0.589. The molecule has 0 aliphatic carbocycles. The number of benzene rings is 1. The van der Waals surface area contributed by atoms with E-state index in [1.165, 1.54) is 18.4 Å². The first-order valence-electron chi connectivity index (χ1n) is 6.10. The molecule has 0 saturated heterocycles. The van der Waals surface area contributed by atoms with Crippen molar-refractivity contribution >= 4 is 0 Å². The summed E-state index contributed by atoms with van der Waals surface area (Å²) in [4.78, 5) is 0. The van der Waals surface area contributed by atoms with Crippen LogP contribution in [0.2, 0.25) is 0 Å². The molecule has 0 radical (unpaired) electrons. The lowest BCUT2D eigenvalue weighted by atomic mass is 10.0. The normalized spacial score (nSPS) is 12.6. The van der Waals surface area contributed by atoms with E-state index in [2.05, 4.69) is 19.1 Å². The van der Waals surface area contributed by atoms with E-state index in [0.717, 1.165) is 17.5 Å². The molecule has 90 valence electrons. The van der Waals surface area contributed by atoms with Gasteiger partial charge < -0.3 is 9.52 Å². The summed E-state index contributed by atoms with van der Waals surface area (Å²) < 4.78 is 4.97. The summed E-state index contributed by atoms with van der Waals surface area (Å²) >= 11 is 0. The van der Waals surface area contributed by atoms with Gasteiger partial charge in [-0.05, 0) is 30.0 Å². The highest BCUT2D eigenvalue weighted by Crippen LogP contribution is 2.22. The fraction of sp³-hybridized carbons (Fsp3) is 0.333. The van der Waals surface area contributed by atoms with Crippen molar-refractivity contribution in [1.29, 1.82) is 0 Å². The summed E-state index contributed by atoms with van der Waals surface area (Å²) in [5, 5.41) is 10.1. The molecule has 17 heavy (non-hydrogen) atoms. The minimum Gasteiger partial charge on any atom is -0.472 e. The molecule has 0 bridgehead atoms. The topological polar surface area (TPSA) is 33.4 Å². The molecule has 0 aliphatic heterocycles. The van der Waals surface area contributed by atoms with Gasteiger partial charge in [-0.15, -0.1) is 0 Å². The molecular formula is C15H18O2. The standard InChI is InChI=1S/C15H18O2/c1-2-3-4-12-5-7-13(8-6-12)15(16)14-9-10-17-11-14/h5-11,15-16H,2-4H2,1H3. The van der Waals surface area contributed by atoms with Crippen LogP contribution in [0, 0.1) is 0 Å². The van der Waals surface area contributed by atoms with Crippen molar-refractivity contribution in [3.8, 4) is 0 Å². The van der Waals surface area contributed by atoms with Crippen LogP contribution in [0.4, 0.5) is 0 Å². The van der Waals surface area contributed by atoms with Crippen LogP contribution in [0.1, 0.15) is 42.6 Å². The number of aliphatic hydroxyl groups excluding tert-OH is 1. The number of aryl methyl sites for hydroxylation is 1. The van der Waals surface area contributed by atoms with Crippen LogP contribution in [0.5, 0.6) is 0 Å². The van der Waals surface area contributed by atoms with Gasteiger partial charge in [0.05, 0.1) is 12.5 Å². The van der Waals surface area contributed by atoms with Crippen molar-refractivity contribution in [2.24, 2.45) is 0 Å². The molecule has 2 heteroatoms. The van der Waals surface area contributed by atoms with Gasteiger partial charge in [-0.1, -0.05) is 37.6 Å². The van der Waals surface area contributed by atoms with Crippen LogP contribution >= 0.6 is 0 Å². The number of aliphatic hydroxyl groups is 1. The second-order valence-corrected chi connectivity index (χ2v) is 4.30. The molecule has 0 aliphatic rings. The maximum absolute atomic E-state index is 10.1. The first-order valence-corrected chi connectivity index (χ1v) is 6.10. The Balaban J connectivity index is 2.07. The van der Waals surface area contributed by atoms with E-state index in [9.17, 15) is 5.11 Å². The number of hydrogen-bond acceptors (Lipinski definition) is 2. The van der Waals surface area contributed by atoms with E-state index >= 15 is 0 Å². The number of hydrogen-bond donors (Lipinski definition) is 1. The van der Waals surface area contributed by atoms with Crippen LogP contribution in [-0.4, -0.2) is 5.11 Å². The molecule has 1 heterocycles. The highest BCUT2D eigenvalue weighted by Gasteiger charge is 2.10. The monoisotopic (exact) mass is 230 g/mol. The van der Waals surface area contributed by atoms with Gasteiger partial charge in [0.25, 0.3) is 0 Å². The Hall–Kier alpha value is -1.54. The van der Waals surface area contributed by atoms with Crippen molar-refractivity contribution in [3.05, 3.63) is 59.5 Å². The minimum atomic E-state index is -0.589. The zero-order valence-electron chi connectivity index (χ0n) is 10.1. The third kappa shape index (κ3) is 2.98. The Morgan fingerprint density at radius 1 is 1.12 bits per heavy atom. The first-order chi connectivity index (χ1) is 8.31. The summed E-state index contributed by atoms with van der Waals surface area (Å²) in [6.45, 7) is 2.19. The Morgan fingerprint density at radius 2 is 1.88 bits per heavy atom. The van der Waals surface area contributed by atoms with E-state index in [-0.39, 0.29) is 0 Å². The van der Waals surface area contributed by atoms with Gasteiger partial charge in [-0.3, -0.25) is 0 Å². The van der Waals surface area contributed by atoms with E-state index in [4.69, 9.17) is 4.42 Å². The second kappa shape index (κ2) is 5.69. The van der Waals surface area contributed by atoms with Crippen LogP contribution in [0.3, 0.4) is 0 Å². The fourth-order valence-corrected chi connectivity index (χ4v) is 1.87. The lowest BCUT2D eigenvalue weighted by Crippen LogP contribution is -1.98. The zero-order chi connectivity index (χ0) is 12.1. The number of unbranched alkanes of at least 4 members (excludes halogenated alkanes) is 1. The summed E-state index contributed by atoms with van der Waals surface area (Å²) in [5.74, 6) is 0.